The smallest absolute Gasteiger partial charge is 0.251 e. The lowest BCUT2D eigenvalue weighted by molar-refractivity contribution is 0.0937. The fourth-order valence-corrected chi connectivity index (χ4v) is 1.67. The minimum absolute atomic E-state index is 0.192. The van der Waals surface area contributed by atoms with Gasteiger partial charge in [-0.3, -0.25) is 4.79 Å². The molecule has 0 aliphatic carbocycles. The normalized spacial score (nSPS) is 14.4. The highest BCUT2D eigenvalue weighted by molar-refractivity contribution is 5.97. The van der Waals surface area contributed by atoms with E-state index in [1.807, 2.05) is 18.3 Å². The minimum atomic E-state index is -0.642. The van der Waals surface area contributed by atoms with Gasteiger partial charge in [-0.1, -0.05) is 6.07 Å². The summed E-state index contributed by atoms with van der Waals surface area (Å²) in [6.07, 6.45) is 1.19. The SMILES string of the molecule is CC(O)C(N)CNC(=O)c1ccc2cc[nH]c2c1. The third-order valence-corrected chi connectivity index (χ3v) is 2.94. The van der Waals surface area contributed by atoms with Crippen molar-refractivity contribution in [3.05, 3.63) is 36.0 Å². The molecule has 0 spiro atoms. The fraction of sp³-hybridized carbons (Fsp3) is 0.308. The highest BCUT2D eigenvalue weighted by Crippen LogP contribution is 2.13. The van der Waals surface area contributed by atoms with Crippen LogP contribution in [-0.2, 0) is 0 Å². The highest BCUT2D eigenvalue weighted by Gasteiger charge is 2.12. The molecule has 96 valence electrons. The molecule has 1 aromatic carbocycles. The van der Waals surface area contributed by atoms with Crippen molar-refractivity contribution in [1.29, 1.82) is 0 Å². The van der Waals surface area contributed by atoms with Gasteiger partial charge in [0.2, 0.25) is 0 Å². The zero-order valence-corrected chi connectivity index (χ0v) is 10.2. The van der Waals surface area contributed by atoms with Crippen LogP contribution in [0.1, 0.15) is 17.3 Å². The molecule has 2 atom stereocenters. The van der Waals surface area contributed by atoms with Crippen LogP contribution >= 0.6 is 0 Å². The van der Waals surface area contributed by atoms with Crippen molar-refractivity contribution in [1.82, 2.24) is 10.3 Å². The van der Waals surface area contributed by atoms with E-state index in [-0.39, 0.29) is 12.5 Å². The summed E-state index contributed by atoms with van der Waals surface area (Å²) < 4.78 is 0. The van der Waals surface area contributed by atoms with Crippen LogP contribution < -0.4 is 11.1 Å². The predicted octanol–water partition coefficient (Wildman–Crippen LogP) is 0.606. The van der Waals surface area contributed by atoms with Gasteiger partial charge in [0, 0.05) is 29.9 Å². The van der Waals surface area contributed by atoms with Crippen LogP contribution in [0.15, 0.2) is 30.5 Å². The molecule has 5 nitrogen and oxygen atoms in total. The minimum Gasteiger partial charge on any atom is -0.392 e. The number of fused-ring (bicyclic) bond motifs is 1. The lowest BCUT2D eigenvalue weighted by atomic mass is 10.1. The van der Waals surface area contributed by atoms with E-state index in [0.717, 1.165) is 10.9 Å². The van der Waals surface area contributed by atoms with Crippen molar-refractivity contribution in [3.8, 4) is 0 Å². The molecule has 2 rings (SSSR count). The molecule has 18 heavy (non-hydrogen) atoms. The number of nitrogens with one attached hydrogen (secondary N) is 2. The molecule has 1 aromatic heterocycles. The van der Waals surface area contributed by atoms with Crippen LogP contribution in [0.2, 0.25) is 0 Å². The summed E-state index contributed by atoms with van der Waals surface area (Å²) in [7, 11) is 0. The van der Waals surface area contributed by atoms with Gasteiger partial charge in [0.15, 0.2) is 0 Å². The van der Waals surface area contributed by atoms with Crippen LogP contribution in [0.5, 0.6) is 0 Å². The van der Waals surface area contributed by atoms with Gasteiger partial charge in [-0.2, -0.15) is 0 Å². The third kappa shape index (κ3) is 2.69. The standard InChI is InChI=1S/C13H17N3O2/c1-8(17)11(14)7-16-13(18)10-3-2-9-4-5-15-12(9)6-10/h2-6,8,11,15,17H,7,14H2,1H3,(H,16,18). The number of aliphatic hydroxyl groups excluding tert-OH is 1. The molecule has 1 amide bonds. The molecule has 0 aliphatic heterocycles. The summed E-state index contributed by atoms with van der Waals surface area (Å²) in [5.41, 5.74) is 7.14. The van der Waals surface area contributed by atoms with E-state index >= 15 is 0 Å². The van der Waals surface area contributed by atoms with Gasteiger partial charge in [-0.15, -0.1) is 0 Å². The Balaban J connectivity index is 2.04. The van der Waals surface area contributed by atoms with Crippen molar-refractivity contribution >= 4 is 16.8 Å². The van der Waals surface area contributed by atoms with Gasteiger partial charge in [0.1, 0.15) is 0 Å². The molecule has 0 radical (unpaired) electrons. The maximum absolute atomic E-state index is 11.9. The van der Waals surface area contributed by atoms with E-state index < -0.39 is 12.1 Å². The van der Waals surface area contributed by atoms with Gasteiger partial charge in [0.25, 0.3) is 5.91 Å². The molecule has 5 N–H and O–H groups in total. The van der Waals surface area contributed by atoms with E-state index in [2.05, 4.69) is 10.3 Å². The lowest BCUT2D eigenvalue weighted by Crippen LogP contribution is -2.43. The van der Waals surface area contributed by atoms with Gasteiger partial charge in [0.05, 0.1) is 6.10 Å². The number of rotatable bonds is 4. The molecule has 0 bridgehead atoms. The van der Waals surface area contributed by atoms with Crippen molar-refractivity contribution < 1.29 is 9.90 Å². The summed E-state index contributed by atoms with van der Waals surface area (Å²) in [5, 5.41) is 13.0. The molecule has 0 aliphatic rings. The first kappa shape index (κ1) is 12.6. The van der Waals surface area contributed by atoms with E-state index in [9.17, 15) is 9.90 Å². The number of aromatic nitrogens is 1. The summed E-state index contributed by atoms with van der Waals surface area (Å²) in [6, 6.07) is 6.93. The van der Waals surface area contributed by atoms with E-state index in [0.29, 0.717) is 5.56 Å². The number of carbonyl (C=O) groups is 1. The lowest BCUT2D eigenvalue weighted by Gasteiger charge is -2.15. The summed E-state index contributed by atoms with van der Waals surface area (Å²) in [5.74, 6) is -0.192. The quantitative estimate of drug-likeness (QED) is 0.638. The molecular weight excluding hydrogens is 230 g/mol. The van der Waals surface area contributed by atoms with Gasteiger partial charge < -0.3 is 21.1 Å². The van der Waals surface area contributed by atoms with Crippen LogP contribution in [0.3, 0.4) is 0 Å². The molecule has 0 saturated carbocycles. The Hall–Kier alpha value is -1.85. The molecule has 1 heterocycles. The number of nitrogens with two attached hydrogens (primary N) is 1. The first-order valence-corrected chi connectivity index (χ1v) is 5.87. The van der Waals surface area contributed by atoms with Gasteiger partial charge in [-0.05, 0) is 30.5 Å². The first-order valence-electron chi connectivity index (χ1n) is 5.87. The van der Waals surface area contributed by atoms with Crippen LogP contribution in [0.25, 0.3) is 10.9 Å². The average Bonchev–Trinajstić information content (AvgIpc) is 2.82. The number of hydrogen-bond acceptors (Lipinski definition) is 3. The zero-order chi connectivity index (χ0) is 13.1. The van der Waals surface area contributed by atoms with Crippen molar-refractivity contribution in [2.24, 2.45) is 5.73 Å². The highest BCUT2D eigenvalue weighted by atomic mass is 16.3. The van der Waals surface area contributed by atoms with Gasteiger partial charge in [-0.25, -0.2) is 0 Å². The average molecular weight is 247 g/mol. The molecule has 5 heteroatoms. The Kier molecular flexibility index (Phi) is 3.64. The second-order valence-electron chi connectivity index (χ2n) is 4.39. The van der Waals surface area contributed by atoms with Crippen LogP contribution in [-0.4, -0.2) is 34.7 Å². The second-order valence-corrected chi connectivity index (χ2v) is 4.39. The second kappa shape index (κ2) is 5.20. The van der Waals surface area contributed by atoms with E-state index in [1.54, 1.807) is 19.1 Å². The largest absolute Gasteiger partial charge is 0.392 e. The van der Waals surface area contributed by atoms with Gasteiger partial charge >= 0.3 is 0 Å². The molecule has 2 aromatic rings. The van der Waals surface area contributed by atoms with Crippen molar-refractivity contribution in [2.45, 2.75) is 19.1 Å². The number of carbonyl (C=O) groups excluding carboxylic acids is 1. The maximum atomic E-state index is 11.9. The monoisotopic (exact) mass is 247 g/mol. The van der Waals surface area contributed by atoms with E-state index in [1.165, 1.54) is 0 Å². The Bertz CT molecular complexity index is 548. The number of aliphatic hydroxyl groups is 1. The molecule has 0 fully saturated rings. The number of benzene rings is 1. The topological polar surface area (TPSA) is 91.1 Å². The van der Waals surface area contributed by atoms with Crippen LogP contribution in [0.4, 0.5) is 0 Å². The Morgan fingerprint density at radius 3 is 3.00 bits per heavy atom. The summed E-state index contributed by atoms with van der Waals surface area (Å²) >= 11 is 0. The Morgan fingerprint density at radius 1 is 1.50 bits per heavy atom. The molecular formula is C13H17N3O2. The fourth-order valence-electron chi connectivity index (χ4n) is 1.67. The number of amides is 1. The number of hydrogen-bond donors (Lipinski definition) is 4. The maximum Gasteiger partial charge on any atom is 0.251 e. The molecule has 2 unspecified atom stereocenters. The number of H-pyrrole nitrogens is 1. The predicted molar refractivity (Wildman–Crippen MR) is 70.3 cm³/mol. The third-order valence-electron chi connectivity index (χ3n) is 2.94. The number of aromatic amines is 1. The Morgan fingerprint density at radius 2 is 2.28 bits per heavy atom. The van der Waals surface area contributed by atoms with Crippen LogP contribution in [0, 0.1) is 0 Å². The summed E-state index contributed by atoms with van der Waals surface area (Å²) in [4.78, 5) is 14.9. The first-order chi connectivity index (χ1) is 8.58. The summed E-state index contributed by atoms with van der Waals surface area (Å²) in [6.45, 7) is 1.85. The molecule has 0 saturated heterocycles. The van der Waals surface area contributed by atoms with E-state index in [4.69, 9.17) is 5.73 Å². The van der Waals surface area contributed by atoms with Crippen molar-refractivity contribution in [2.75, 3.05) is 6.54 Å². The Labute approximate surface area is 105 Å². The zero-order valence-electron chi connectivity index (χ0n) is 10.2. The van der Waals surface area contributed by atoms with Crippen molar-refractivity contribution in [3.63, 3.8) is 0 Å².